The van der Waals surface area contributed by atoms with Crippen LogP contribution in [0.4, 0.5) is 5.82 Å². The van der Waals surface area contributed by atoms with Gasteiger partial charge < -0.3 is 10.1 Å². The molecule has 0 radical (unpaired) electrons. The monoisotopic (exact) mass is 353 g/mol. The molecular formula is C14H13BrClN3O. The van der Waals surface area contributed by atoms with Crippen LogP contribution in [0, 0.1) is 0 Å². The number of ether oxygens (including phenoxy) is 1. The lowest BCUT2D eigenvalue weighted by atomic mass is 10.1. The number of hydrogen-bond acceptors (Lipinski definition) is 4. The summed E-state index contributed by atoms with van der Waals surface area (Å²) in [6, 6.07) is 5.61. The van der Waals surface area contributed by atoms with E-state index in [-0.39, 0.29) is 0 Å². The smallest absolute Gasteiger partial charge is 0.162 e. The SMILES string of the molecule is CNc1nc(-c2ccc(Cl)cc2Br)nc2c1COCC2. The maximum absolute atomic E-state index is 5.98. The van der Waals surface area contributed by atoms with Gasteiger partial charge in [-0.2, -0.15) is 0 Å². The number of rotatable bonds is 2. The largest absolute Gasteiger partial charge is 0.376 e. The Bertz CT molecular complexity index is 646. The fraction of sp³-hybridized carbons (Fsp3) is 0.286. The molecule has 0 saturated carbocycles. The first kappa shape index (κ1) is 13.8. The number of fused-ring (bicyclic) bond motifs is 1. The van der Waals surface area contributed by atoms with Crippen molar-refractivity contribution in [2.75, 3.05) is 19.0 Å². The van der Waals surface area contributed by atoms with Crippen LogP contribution in [0.2, 0.25) is 5.02 Å². The van der Waals surface area contributed by atoms with Gasteiger partial charge in [0.2, 0.25) is 0 Å². The first-order chi connectivity index (χ1) is 9.69. The minimum absolute atomic E-state index is 0.563. The summed E-state index contributed by atoms with van der Waals surface area (Å²) < 4.78 is 6.36. The number of benzene rings is 1. The van der Waals surface area contributed by atoms with E-state index >= 15 is 0 Å². The predicted octanol–water partition coefficient (Wildman–Crippen LogP) is 3.67. The number of nitrogens with zero attached hydrogens (tertiary/aromatic N) is 2. The summed E-state index contributed by atoms with van der Waals surface area (Å²) >= 11 is 9.50. The van der Waals surface area contributed by atoms with Gasteiger partial charge in [-0.15, -0.1) is 0 Å². The number of halogens is 2. The van der Waals surface area contributed by atoms with Crippen LogP contribution in [-0.2, 0) is 17.8 Å². The molecule has 2 aromatic rings. The molecule has 20 heavy (non-hydrogen) atoms. The molecule has 1 aliphatic rings. The topological polar surface area (TPSA) is 47.0 Å². The maximum Gasteiger partial charge on any atom is 0.162 e. The molecule has 2 heterocycles. The summed E-state index contributed by atoms with van der Waals surface area (Å²) in [4.78, 5) is 9.27. The molecule has 104 valence electrons. The van der Waals surface area contributed by atoms with E-state index in [2.05, 4.69) is 31.2 Å². The van der Waals surface area contributed by atoms with E-state index < -0.39 is 0 Å². The molecule has 0 bridgehead atoms. The molecular weight excluding hydrogens is 342 g/mol. The summed E-state index contributed by atoms with van der Waals surface area (Å²) in [5.41, 5.74) is 3.03. The van der Waals surface area contributed by atoms with Crippen molar-refractivity contribution in [2.24, 2.45) is 0 Å². The van der Waals surface area contributed by atoms with E-state index in [4.69, 9.17) is 16.3 Å². The van der Waals surface area contributed by atoms with Crippen LogP contribution in [0.15, 0.2) is 22.7 Å². The van der Waals surface area contributed by atoms with Crippen LogP contribution >= 0.6 is 27.5 Å². The molecule has 1 N–H and O–H groups in total. The quantitative estimate of drug-likeness (QED) is 0.894. The van der Waals surface area contributed by atoms with Gasteiger partial charge in [-0.1, -0.05) is 11.6 Å². The molecule has 0 amide bonds. The number of aromatic nitrogens is 2. The summed E-state index contributed by atoms with van der Waals surface area (Å²) in [6.07, 6.45) is 0.810. The van der Waals surface area contributed by atoms with Gasteiger partial charge in [-0.05, 0) is 34.1 Å². The van der Waals surface area contributed by atoms with Crippen molar-refractivity contribution < 1.29 is 4.74 Å². The van der Waals surface area contributed by atoms with Gasteiger partial charge in [0.05, 0.1) is 18.9 Å². The highest BCUT2D eigenvalue weighted by molar-refractivity contribution is 9.10. The molecule has 6 heteroatoms. The molecule has 1 aliphatic heterocycles. The molecule has 0 unspecified atom stereocenters. The second kappa shape index (κ2) is 5.68. The molecule has 0 atom stereocenters. The summed E-state index contributed by atoms with van der Waals surface area (Å²) in [5.74, 6) is 1.52. The summed E-state index contributed by atoms with van der Waals surface area (Å²) in [6.45, 7) is 1.27. The average Bonchev–Trinajstić information content (AvgIpc) is 2.46. The Morgan fingerprint density at radius 1 is 1.35 bits per heavy atom. The standard InChI is InChI=1S/C14H13BrClN3O/c1-17-13-10-7-20-5-4-12(10)18-14(19-13)9-3-2-8(16)6-11(9)15/h2-3,6H,4-5,7H2,1H3,(H,17,18,19). The Kier molecular flexibility index (Phi) is 3.92. The lowest BCUT2D eigenvalue weighted by molar-refractivity contribution is 0.109. The van der Waals surface area contributed by atoms with E-state index in [1.54, 1.807) is 0 Å². The highest BCUT2D eigenvalue weighted by Crippen LogP contribution is 2.31. The van der Waals surface area contributed by atoms with Gasteiger partial charge >= 0.3 is 0 Å². The van der Waals surface area contributed by atoms with E-state index in [9.17, 15) is 0 Å². The Labute approximate surface area is 130 Å². The van der Waals surface area contributed by atoms with E-state index in [0.29, 0.717) is 24.1 Å². The zero-order valence-corrected chi connectivity index (χ0v) is 13.3. The van der Waals surface area contributed by atoms with E-state index in [0.717, 1.165) is 33.5 Å². The zero-order chi connectivity index (χ0) is 14.1. The van der Waals surface area contributed by atoms with Crippen molar-refractivity contribution in [3.8, 4) is 11.4 Å². The van der Waals surface area contributed by atoms with E-state index in [1.165, 1.54) is 0 Å². The fourth-order valence-corrected chi connectivity index (χ4v) is 3.09. The highest BCUT2D eigenvalue weighted by Gasteiger charge is 2.19. The molecule has 0 fully saturated rings. The number of anilines is 1. The van der Waals surface area contributed by atoms with Gasteiger partial charge in [-0.25, -0.2) is 9.97 Å². The number of nitrogens with one attached hydrogen (secondary N) is 1. The molecule has 1 aromatic carbocycles. The minimum atomic E-state index is 0.563. The van der Waals surface area contributed by atoms with Gasteiger partial charge in [-0.3, -0.25) is 0 Å². The molecule has 4 nitrogen and oxygen atoms in total. The lowest BCUT2D eigenvalue weighted by Crippen LogP contribution is -2.16. The minimum Gasteiger partial charge on any atom is -0.376 e. The van der Waals surface area contributed by atoms with Crippen LogP contribution < -0.4 is 5.32 Å². The molecule has 0 saturated heterocycles. The normalized spacial score (nSPS) is 13.9. The van der Waals surface area contributed by atoms with Crippen molar-refractivity contribution in [1.29, 1.82) is 0 Å². The second-order valence-electron chi connectivity index (χ2n) is 4.50. The predicted molar refractivity (Wildman–Crippen MR) is 83.1 cm³/mol. The van der Waals surface area contributed by atoms with E-state index in [1.807, 2.05) is 25.2 Å². The van der Waals surface area contributed by atoms with Gasteiger partial charge in [0, 0.05) is 34.1 Å². The summed E-state index contributed by atoms with van der Waals surface area (Å²) in [5, 5.41) is 3.80. The highest BCUT2D eigenvalue weighted by atomic mass is 79.9. The summed E-state index contributed by atoms with van der Waals surface area (Å²) in [7, 11) is 1.86. The van der Waals surface area contributed by atoms with Crippen LogP contribution in [0.1, 0.15) is 11.3 Å². The van der Waals surface area contributed by atoms with Gasteiger partial charge in [0.1, 0.15) is 5.82 Å². The first-order valence-corrected chi connectivity index (χ1v) is 7.47. The third kappa shape index (κ3) is 2.53. The Morgan fingerprint density at radius 2 is 2.20 bits per heavy atom. The van der Waals surface area contributed by atoms with Crippen molar-refractivity contribution in [3.05, 3.63) is 39.0 Å². The number of hydrogen-bond donors (Lipinski definition) is 1. The maximum atomic E-state index is 5.98. The van der Waals surface area contributed by atoms with Crippen LogP contribution in [-0.4, -0.2) is 23.6 Å². The Hall–Kier alpha value is -1.17. The Morgan fingerprint density at radius 3 is 2.95 bits per heavy atom. The first-order valence-electron chi connectivity index (χ1n) is 6.29. The van der Waals surface area contributed by atoms with Crippen LogP contribution in [0.25, 0.3) is 11.4 Å². The van der Waals surface area contributed by atoms with Crippen molar-refractivity contribution >= 4 is 33.3 Å². The van der Waals surface area contributed by atoms with Crippen molar-refractivity contribution in [1.82, 2.24) is 9.97 Å². The lowest BCUT2D eigenvalue weighted by Gasteiger charge is -2.19. The molecule has 1 aromatic heterocycles. The Balaban J connectivity index is 2.14. The molecule has 0 spiro atoms. The third-order valence-electron chi connectivity index (χ3n) is 3.23. The van der Waals surface area contributed by atoms with Crippen molar-refractivity contribution in [3.63, 3.8) is 0 Å². The van der Waals surface area contributed by atoms with Crippen molar-refractivity contribution in [2.45, 2.75) is 13.0 Å². The van der Waals surface area contributed by atoms with Gasteiger partial charge in [0.15, 0.2) is 5.82 Å². The molecule has 3 rings (SSSR count). The zero-order valence-electron chi connectivity index (χ0n) is 10.9. The molecule has 0 aliphatic carbocycles. The van der Waals surface area contributed by atoms with Crippen LogP contribution in [0.3, 0.4) is 0 Å². The van der Waals surface area contributed by atoms with Gasteiger partial charge in [0.25, 0.3) is 0 Å². The van der Waals surface area contributed by atoms with Crippen LogP contribution in [0.5, 0.6) is 0 Å². The third-order valence-corrected chi connectivity index (χ3v) is 4.12. The fourth-order valence-electron chi connectivity index (χ4n) is 2.23. The second-order valence-corrected chi connectivity index (χ2v) is 5.79. The average molecular weight is 355 g/mol.